The lowest BCUT2D eigenvalue weighted by molar-refractivity contribution is -0.123. The predicted molar refractivity (Wildman–Crippen MR) is 129 cm³/mol. The monoisotopic (exact) mass is 511 g/mol. The molecule has 0 spiro atoms. The Balaban J connectivity index is 1.63. The smallest absolute Gasteiger partial charge is 0.340 e. The number of rotatable bonds is 8. The first-order valence-corrected chi connectivity index (χ1v) is 13.7. The Hall–Kier alpha value is -2.30. The van der Waals surface area contributed by atoms with Gasteiger partial charge in [-0.15, -0.1) is 11.8 Å². The summed E-state index contributed by atoms with van der Waals surface area (Å²) in [6.45, 7) is 2.95. The second-order valence-corrected chi connectivity index (χ2v) is 10.5. The minimum Gasteiger partial charge on any atom is -0.462 e. The average molecular weight is 512 g/mol. The molecule has 0 aliphatic carbocycles. The number of carbonyl (C=O) groups is 2. The number of piperidine rings is 1. The van der Waals surface area contributed by atoms with Crippen LogP contribution in [0.25, 0.3) is 0 Å². The zero-order valence-electron chi connectivity index (χ0n) is 18.4. The third-order valence-electron chi connectivity index (χ3n) is 5.23. The molecule has 1 amide bonds. The van der Waals surface area contributed by atoms with Crippen LogP contribution in [0, 0.1) is 5.92 Å². The van der Waals surface area contributed by atoms with Gasteiger partial charge in [-0.1, -0.05) is 41.9 Å². The molecule has 3 rings (SSSR count). The van der Waals surface area contributed by atoms with Crippen LogP contribution >= 0.6 is 23.4 Å². The third-order valence-corrected chi connectivity index (χ3v) is 7.43. The maximum atomic E-state index is 12.6. The average Bonchev–Trinajstić information content (AvgIpc) is 2.79. The number of anilines is 1. The van der Waals surface area contributed by atoms with Crippen molar-refractivity contribution in [1.82, 2.24) is 9.71 Å². The summed E-state index contributed by atoms with van der Waals surface area (Å²) in [6.07, 6.45) is 2.73. The van der Waals surface area contributed by atoms with Crippen LogP contribution in [0.3, 0.4) is 0 Å². The molecule has 1 fully saturated rings. The van der Waals surface area contributed by atoms with Crippen LogP contribution in [0.5, 0.6) is 0 Å². The van der Waals surface area contributed by atoms with Gasteiger partial charge in [0.1, 0.15) is 10.8 Å². The SMILES string of the molecule is CCOC(=O)c1cc(Cl)c(N2CCC(C(=O)NS(=O)(=O)Cc3ccccc3)CC2)nc1SC. The second kappa shape index (κ2) is 11.2. The molecule has 33 heavy (non-hydrogen) atoms. The molecular weight excluding hydrogens is 486 g/mol. The lowest BCUT2D eigenvalue weighted by atomic mass is 9.96. The van der Waals surface area contributed by atoms with Gasteiger partial charge in [0.05, 0.1) is 22.9 Å². The first kappa shape index (κ1) is 25.3. The molecule has 0 atom stereocenters. The van der Waals surface area contributed by atoms with E-state index in [1.807, 2.05) is 11.2 Å². The van der Waals surface area contributed by atoms with E-state index in [4.69, 9.17) is 16.3 Å². The van der Waals surface area contributed by atoms with E-state index in [2.05, 4.69) is 9.71 Å². The van der Waals surface area contributed by atoms with E-state index in [1.54, 1.807) is 43.3 Å². The normalized spacial score (nSPS) is 14.7. The number of hydrogen-bond acceptors (Lipinski definition) is 8. The van der Waals surface area contributed by atoms with E-state index < -0.39 is 27.8 Å². The van der Waals surface area contributed by atoms with E-state index >= 15 is 0 Å². The number of hydrogen-bond donors (Lipinski definition) is 1. The highest BCUT2D eigenvalue weighted by Crippen LogP contribution is 2.33. The highest BCUT2D eigenvalue weighted by Gasteiger charge is 2.30. The maximum absolute atomic E-state index is 12.6. The van der Waals surface area contributed by atoms with Gasteiger partial charge < -0.3 is 9.64 Å². The van der Waals surface area contributed by atoms with Gasteiger partial charge in [0.25, 0.3) is 0 Å². The van der Waals surface area contributed by atoms with Crippen LogP contribution in [0.1, 0.15) is 35.7 Å². The molecule has 1 saturated heterocycles. The van der Waals surface area contributed by atoms with E-state index in [1.165, 1.54) is 11.8 Å². The zero-order valence-corrected chi connectivity index (χ0v) is 20.8. The summed E-state index contributed by atoms with van der Waals surface area (Å²) in [5.74, 6) is -1.11. The number of benzene rings is 1. The second-order valence-electron chi connectivity index (χ2n) is 7.54. The fourth-order valence-corrected chi connectivity index (χ4v) is 5.60. The number of halogens is 1. The molecule has 11 heteroatoms. The molecule has 1 aromatic heterocycles. The molecule has 1 aliphatic rings. The van der Waals surface area contributed by atoms with Gasteiger partial charge in [-0.05, 0) is 37.7 Å². The number of carbonyl (C=O) groups excluding carboxylic acids is 2. The molecule has 0 unspecified atom stereocenters. The van der Waals surface area contributed by atoms with Gasteiger partial charge in [-0.25, -0.2) is 18.2 Å². The first-order chi connectivity index (χ1) is 15.7. The number of sulfonamides is 1. The zero-order chi connectivity index (χ0) is 24.0. The topological polar surface area (TPSA) is 106 Å². The van der Waals surface area contributed by atoms with Crippen molar-refractivity contribution in [2.75, 3.05) is 30.9 Å². The van der Waals surface area contributed by atoms with Crippen molar-refractivity contribution in [1.29, 1.82) is 0 Å². The van der Waals surface area contributed by atoms with E-state index in [0.29, 0.717) is 52.9 Å². The summed E-state index contributed by atoms with van der Waals surface area (Å²) in [6, 6.07) is 10.3. The summed E-state index contributed by atoms with van der Waals surface area (Å²) in [4.78, 5) is 31.3. The fraction of sp³-hybridized carbons (Fsp3) is 0.409. The van der Waals surface area contributed by atoms with Crippen LogP contribution in [0.2, 0.25) is 5.02 Å². The Morgan fingerprint density at radius 1 is 1.24 bits per heavy atom. The van der Waals surface area contributed by atoms with Gasteiger partial charge >= 0.3 is 5.97 Å². The predicted octanol–water partition coefficient (Wildman–Crippen LogP) is 3.50. The van der Waals surface area contributed by atoms with Gasteiger partial charge in [0.2, 0.25) is 15.9 Å². The van der Waals surface area contributed by atoms with Crippen molar-refractivity contribution < 1.29 is 22.7 Å². The standard InChI is InChI=1S/C22H26ClN3O5S2/c1-3-31-22(28)17-13-18(23)19(24-21(17)32-2)26-11-9-16(10-12-26)20(27)25-33(29,30)14-15-7-5-4-6-8-15/h4-8,13,16H,3,9-12,14H2,1-2H3,(H,25,27). The van der Waals surface area contributed by atoms with Crippen molar-refractivity contribution in [3.63, 3.8) is 0 Å². The van der Waals surface area contributed by atoms with Crippen LogP contribution in [-0.2, 0) is 25.3 Å². The van der Waals surface area contributed by atoms with Crippen molar-refractivity contribution in [2.24, 2.45) is 5.92 Å². The lowest BCUT2D eigenvalue weighted by Gasteiger charge is -2.32. The summed E-state index contributed by atoms with van der Waals surface area (Å²) in [5, 5.41) is 0.837. The maximum Gasteiger partial charge on any atom is 0.340 e. The molecule has 1 aliphatic heterocycles. The van der Waals surface area contributed by atoms with E-state index in [0.717, 1.165) is 0 Å². The number of amides is 1. The van der Waals surface area contributed by atoms with Gasteiger partial charge in [-0.2, -0.15) is 0 Å². The third kappa shape index (κ3) is 6.61. The molecule has 2 aromatic rings. The molecule has 8 nitrogen and oxygen atoms in total. The summed E-state index contributed by atoms with van der Waals surface area (Å²) in [7, 11) is -3.78. The van der Waals surface area contributed by atoms with Gasteiger partial charge in [0, 0.05) is 19.0 Å². The van der Waals surface area contributed by atoms with E-state index in [-0.39, 0.29) is 12.4 Å². The Labute approximate surface area is 203 Å². The summed E-state index contributed by atoms with van der Waals surface area (Å²) < 4.78 is 32.0. The number of aromatic nitrogens is 1. The number of pyridine rings is 1. The molecule has 1 N–H and O–H groups in total. The first-order valence-electron chi connectivity index (χ1n) is 10.5. The van der Waals surface area contributed by atoms with Crippen LogP contribution in [0.15, 0.2) is 41.4 Å². The number of nitrogens with one attached hydrogen (secondary N) is 1. The molecule has 1 aromatic carbocycles. The number of esters is 1. The highest BCUT2D eigenvalue weighted by atomic mass is 35.5. The van der Waals surface area contributed by atoms with Crippen LogP contribution in [-0.4, -0.2) is 51.2 Å². The van der Waals surface area contributed by atoms with Crippen molar-refractivity contribution in [3.05, 3.63) is 52.5 Å². The Bertz CT molecular complexity index is 1100. The number of thioether (sulfide) groups is 1. The molecule has 2 heterocycles. The molecule has 0 bridgehead atoms. The van der Waals surface area contributed by atoms with E-state index in [9.17, 15) is 18.0 Å². The minimum absolute atomic E-state index is 0.248. The Morgan fingerprint density at radius 3 is 2.52 bits per heavy atom. The number of ether oxygens (including phenoxy) is 1. The van der Waals surface area contributed by atoms with Gasteiger partial charge in [-0.3, -0.25) is 9.52 Å². The Morgan fingerprint density at radius 2 is 1.91 bits per heavy atom. The summed E-state index contributed by atoms with van der Waals surface area (Å²) in [5.41, 5.74) is 0.931. The largest absolute Gasteiger partial charge is 0.462 e. The van der Waals surface area contributed by atoms with Crippen LogP contribution in [0.4, 0.5) is 5.82 Å². The fourth-order valence-electron chi connectivity index (χ4n) is 3.62. The van der Waals surface area contributed by atoms with Crippen molar-refractivity contribution in [3.8, 4) is 0 Å². The minimum atomic E-state index is -3.78. The molecule has 178 valence electrons. The molecular formula is C22H26ClN3O5S2. The quantitative estimate of drug-likeness (QED) is 0.424. The Kier molecular flexibility index (Phi) is 8.61. The molecule has 0 radical (unpaired) electrons. The van der Waals surface area contributed by atoms with Gasteiger partial charge in [0.15, 0.2) is 0 Å². The van der Waals surface area contributed by atoms with Crippen molar-refractivity contribution >= 4 is 51.1 Å². The summed E-state index contributed by atoms with van der Waals surface area (Å²) >= 11 is 7.74. The molecule has 0 saturated carbocycles. The lowest BCUT2D eigenvalue weighted by Crippen LogP contribution is -2.43. The highest BCUT2D eigenvalue weighted by molar-refractivity contribution is 7.98. The number of nitrogens with zero attached hydrogens (tertiary/aromatic N) is 2. The van der Waals surface area contributed by atoms with Crippen LogP contribution < -0.4 is 9.62 Å². The van der Waals surface area contributed by atoms with Crippen molar-refractivity contribution in [2.45, 2.75) is 30.5 Å².